The van der Waals surface area contributed by atoms with Gasteiger partial charge in [0.1, 0.15) is 0 Å². The highest BCUT2D eigenvalue weighted by Crippen LogP contribution is 2.67. The summed E-state index contributed by atoms with van der Waals surface area (Å²) < 4.78 is 7.87. The van der Waals surface area contributed by atoms with Gasteiger partial charge in [-0.05, 0) is 95.7 Å². The lowest BCUT2D eigenvalue weighted by molar-refractivity contribution is -0.124. The smallest absolute Gasteiger partial charge is 0.288 e. The second-order valence-corrected chi connectivity index (χ2v) is 17.7. The van der Waals surface area contributed by atoms with Crippen molar-refractivity contribution in [3.05, 3.63) is 102 Å². The first-order chi connectivity index (χ1) is 20.8. The Morgan fingerprint density at radius 1 is 0.814 bits per heavy atom. The van der Waals surface area contributed by atoms with Crippen molar-refractivity contribution in [3.63, 3.8) is 0 Å². The Kier molecular flexibility index (Phi) is 7.39. The molecule has 0 saturated heterocycles. The number of ketones is 1. The fourth-order valence-electron chi connectivity index (χ4n) is 10.4. The lowest BCUT2D eigenvalue weighted by Crippen LogP contribution is -2.71. The number of hydrogen-bond acceptors (Lipinski definition) is 3. The highest BCUT2D eigenvalue weighted by atomic mass is 28.4. The van der Waals surface area contributed by atoms with Gasteiger partial charge in [0.15, 0.2) is 5.78 Å². The third-order valence-corrected chi connectivity index (χ3v) is 16.6. The number of rotatable bonds is 6. The van der Waals surface area contributed by atoms with Gasteiger partial charge in [0.25, 0.3) is 8.32 Å². The van der Waals surface area contributed by atoms with E-state index in [9.17, 15) is 9.90 Å². The first-order valence-corrected chi connectivity index (χ1v) is 18.4. The first kappa shape index (κ1) is 28.9. The third kappa shape index (κ3) is 4.31. The molecule has 1 N–H and O–H groups in total. The molecule has 3 nitrogen and oxygen atoms in total. The van der Waals surface area contributed by atoms with Crippen LogP contribution in [0.3, 0.4) is 0 Å². The number of carbonyl (C=O) groups is 1. The van der Waals surface area contributed by atoms with E-state index in [2.05, 4.69) is 105 Å². The standard InChI is InChI=1S/C39H46O3Si/c1-27-25-34-28(2)35(41)22-24-39(34,26-40)33-21-23-38(3)32(37(27)33)19-20-36(38)42-43(29-13-7-4-8-14-29,30-15-9-5-10-16-30)31-17-11-6-12-18-31/h4-18,27,32-33,36-37,40H,19-26H2,1-3H3/t27?,32-,33+,36?,37-,38-,39-/m0/s1. The molecule has 0 amide bonds. The summed E-state index contributed by atoms with van der Waals surface area (Å²) in [7, 11) is -2.82. The summed E-state index contributed by atoms with van der Waals surface area (Å²) in [5.41, 5.74) is 2.10. The predicted molar refractivity (Wildman–Crippen MR) is 176 cm³/mol. The molecular formula is C39H46O3Si. The summed E-state index contributed by atoms with van der Waals surface area (Å²) in [6.45, 7) is 7.16. The fourth-order valence-corrected chi connectivity index (χ4v) is 14.7. The SMILES string of the molecule is CC1=C2CC(C)[C@@H]3[C@@H](CC[C@]4(C)C(O[Si](c5ccccc5)(c5ccccc5)c5ccccc5)CC[C@@H]34)[C@@]2(CO)CCC1=O. The van der Waals surface area contributed by atoms with Crippen molar-refractivity contribution < 1.29 is 14.3 Å². The monoisotopic (exact) mass is 590 g/mol. The number of fused-ring (bicyclic) bond motifs is 5. The second kappa shape index (κ2) is 11.0. The molecule has 7 rings (SSSR count). The highest BCUT2D eigenvalue weighted by Gasteiger charge is 2.63. The van der Waals surface area contributed by atoms with Crippen LogP contribution >= 0.6 is 0 Å². The van der Waals surface area contributed by atoms with Crippen LogP contribution in [0.1, 0.15) is 65.7 Å². The molecule has 3 aromatic rings. The van der Waals surface area contributed by atoms with Gasteiger partial charge >= 0.3 is 0 Å². The second-order valence-electron chi connectivity index (χ2n) is 14.3. The number of aliphatic hydroxyl groups is 1. The van der Waals surface area contributed by atoms with Crippen molar-refractivity contribution in [3.8, 4) is 0 Å². The zero-order valence-corrected chi connectivity index (χ0v) is 27.0. The summed E-state index contributed by atoms with van der Waals surface area (Å²) in [4.78, 5) is 12.8. The maximum atomic E-state index is 12.8. The number of benzene rings is 3. The van der Waals surface area contributed by atoms with Gasteiger partial charge in [-0.15, -0.1) is 0 Å². The Hall–Kier alpha value is -2.79. The molecule has 3 aromatic carbocycles. The van der Waals surface area contributed by atoms with Crippen LogP contribution in [0, 0.1) is 34.5 Å². The van der Waals surface area contributed by atoms with Crippen LogP contribution in [0.4, 0.5) is 0 Å². The molecule has 0 spiro atoms. The molecule has 3 fully saturated rings. The number of carbonyl (C=O) groups excluding carboxylic acids is 1. The van der Waals surface area contributed by atoms with E-state index in [0.29, 0.717) is 35.9 Å². The molecule has 3 saturated carbocycles. The van der Waals surface area contributed by atoms with Crippen LogP contribution in [0.25, 0.3) is 0 Å². The van der Waals surface area contributed by atoms with Gasteiger partial charge in [0.05, 0.1) is 12.7 Å². The van der Waals surface area contributed by atoms with Gasteiger partial charge in [-0.2, -0.15) is 0 Å². The van der Waals surface area contributed by atoms with Gasteiger partial charge in [-0.3, -0.25) is 4.79 Å². The lowest BCUT2D eigenvalue weighted by Gasteiger charge is -2.61. The Morgan fingerprint density at radius 2 is 1.37 bits per heavy atom. The van der Waals surface area contributed by atoms with E-state index in [-0.39, 0.29) is 23.5 Å². The molecular weight excluding hydrogens is 545 g/mol. The highest BCUT2D eigenvalue weighted by molar-refractivity contribution is 7.07. The van der Waals surface area contributed by atoms with Crippen LogP contribution in [0.5, 0.6) is 0 Å². The number of aliphatic hydroxyl groups excluding tert-OH is 1. The third-order valence-electron chi connectivity index (χ3n) is 12.6. The van der Waals surface area contributed by atoms with Crippen molar-refractivity contribution in [2.75, 3.05) is 6.61 Å². The van der Waals surface area contributed by atoms with Crippen molar-refractivity contribution >= 4 is 29.7 Å². The molecule has 2 unspecified atom stereocenters. The summed E-state index contributed by atoms with van der Waals surface area (Å²) in [5.74, 6) is 2.34. The maximum Gasteiger partial charge on any atom is 0.288 e. The summed E-state index contributed by atoms with van der Waals surface area (Å²) in [5, 5.41) is 14.9. The quantitative estimate of drug-likeness (QED) is 0.276. The molecule has 0 bridgehead atoms. The Balaban J connectivity index is 1.30. The molecule has 4 aliphatic carbocycles. The summed E-state index contributed by atoms with van der Waals surface area (Å²) in [6, 6.07) is 33.0. The number of hydrogen-bond donors (Lipinski definition) is 1. The van der Waals surface area contributed by atoms with E-state index in [0.717, 1.165) is 37.7 Å². The van der Waals surface area contributed by atoms with E-state index < -0.39 is 8.32 Å². The minimum absolute atomic E-state index is 0.0728. The van der Waals surface area contributed by atoms with E-state index in [4.69, 9.17) is 4.43 Å². The summed E-state index contributed by atoms with van der Waals surface area (Å²) >= 11 is 0. The molecule has 7 atom stereocenters. The van der Waals surface area contributed by atoms with Gasteiger partial charge in [-0.25, -0.2) is 0 Å². The van der Waals surface area contributed by atoms with Gasteiger partial charge in [0.2, 0.25) is 0 Å². The van der Waals surface area contributed by atoms with E-state index in [1.807, 2.05) is 6.92 Å². The Morgan fingerprint density at radius 3 is 1.91 bits per heavy atom. The lowest BCUT2D eigenvalue weighted by atomic mass is 9.44. The van der Waals surface area contributed by atoms with E-state index in [1.54, 1.807) is 0 Å². The van der Waals surface area contributed by atoms with Gasteiger partial charge < -0.3 is 9.53 Å². The Labute approximate surface area is 258 Å². The van der Waals surface area contributed by atoms with Crippen LogP contribution < -0.4 is 15.6 Å². The first-order valence-electron chi connectivity index (χ1n) is 16.5. The van der Waals surface area contributed by atoms with Crippen LogP contribution in [-0.2, 0) is 9.22 Å². The molecule has 43 heavy (non-hydrogen) atoms. The minimum Gasteiger partial charge on any atom is -0.401 e. The molecule has 0 radical (unpaired) electrons. The van der Waals surface area contributed by atoms with Crippen molar-refractivity contribution in [1.82, 2.24) is 0 Å². The molecule has 4 aliphatic rings. The van der Waals surface area contributed by atoms with Crippen molar-refractivity contribution in [1.29, 1.82) is 0 Å². The van der Waals surface area contributed by atoms with Crippen LogP contribution in [-0.4, -0.2) is 31.9 Å². The normalized spacial score (nSPS) is 34.0. The molecule has 0 aliphatic heterocycles. The zero-order valence-electron chi connectivity index (χ0n) is 26.0. The average Bonchev–Trinajstić information content (AvgIpc) is 3.38. The molecule has 4 heteroatoms. The van der Waals surface area contributed by atoms with Crippen molar-refractivity contribution in [2.24, 2.45) is 34.5 Å². The van der Waals surface area contributed by atoms with E-state index in [1.165, 1.54) is 27.6 Å². The fraction of sp³-hybridized carbons (Fsp3) is 0.462. The Bertz CT molecular complexity index is 1400. The van der Waals surface area contributed by atoms with E-state index >= 15 is 0 Å². The predicted octanol–water partition coefficient (Wildman–Crippen LogP) is 6.18. The zero-order chi connectivity index (χ0) is 29.8. The van der Waals surface area contributed by atoms with Gasteiger partial charge in [-0.1, -0.05) is 110 Å². The van der Waals surface area contributed by atoms with Crippen molar-refractivity contribution in [2.45, 2.75) is 71.8 Å². The molecule has 0 aromatic heterocycles. The summed E-state index contributed by atoms with van der Waals surface area (Å²) in [6.07, 6.45) is 6.98. The number of Topliss-reactive ketones (excluding diaryl/α,β-unsaturated/α-hetero) is 1. The molecule has 0 heterocycles. The van der Waals surface area contributed by atoms with Gasteiger partial charge in [0, 0.05) is 11.8 Å². The minimum atomic E-state index is -2.82. The topological polar surface area (TPSA) is 46.5 Å². The molecule has 224 valence electrons. The average molecular weight is 591 g/mol. The maximum absolute atomic E-state index is 12.8. The largest absolute Gasteiger partial charge is 0.401 e. The van der Waals surface area contributed by atoms with Crippen LogP contribution in [0.15, 0.2) is 102 Å². The van der Waals surface area contributed by atoms with Crippen LogP contribution in [0.2, 0.25) is 0 Å².